The van der Waals surface area contributed by atoms with Gasteiger partial charge in [-0.05, 0) is 5.56 Å². The van der Waals surface area contributed by atoms with Crippen LogP contribution in [0.1, 0.15) is 11.1 Å². The van der Waals surface area contributed by atoms with Crippen LogP contribution in [0.3, 0.4) is 0 Å². The lowest BCUT2D eigenvalue weighted by molar-refractivity contribution is -0.0199. The maximum Gasteiger partial charge on any atom is 0.331 e. The first-order chi connectivity index (χ1) is 12.0. The standard InChI is InChI=1S/C18H19N5O2/c1-22-16(25)23(2)18(14-11-7-4-8-12-14)17(22,19-15(24)20-21-18)13-9-5-3-6-10-13/h3-12,21H,1-2H3,(H2,19,20,24). The molecule has 0 spiro atoms. The smallest absolute Gasteiger partial charge is 0.306 e. The molecule has 128 valence electrons. The second-order valence-electron chi connectivity index (χ2n) is 6.26. The largest absolute Gasteiger partial charge is 0.331 e. The number of rotatable bonds is 2. The van der Waals surface area contributed by atoms with Gasteiger partial charge in [0.25, 0.3) is 0 Å². The Morgan fingerprint density at radius 3 is 1.80 bits per heavy atom. The van der Waals surface area contributed by atoms with Gasteiger partial charge in [-0.3, -0.25) is 15.2 Å². The lowest BCUT2D eigenvalue weighted by Crippen LogP contribution is -2.79. The number of likely N-dealkylation sites (N-methyl/N-ethyl adjacent to an activating group) is 2. The zero-order valence-corrected chi connectivity index (χ0v) is 14.0. The molecule has 2 aromatic rings. The number of carbonyl (C=O) groups is 2. The van der Waals surface area contributed by atoms with Crippen molar-refractivity contribution in [1.29, 1.82) is 0 Å². The molecule has 2 heterocycles. The van der Waals surface area contributed by atoms with Crippen LogP contribution >= 0.6 is 0 Å². The predicted octanol–water partition coefficient (Wildman–Crippen LogP) is 1.51. The normalized spacial score (nSPS) is 28.4. The Labute approximate surface area is 145 Å². The third kappa shape index (κ3) is 1.78. The molecule has 7 nitrogen and oxygen atoms in total. The van der Waals surface area contributed by atoms with E-state index in [4.69, 9.17) is 0 Å². The highest BCUT2D eigenvalue weighted by atomic mass is 16.2. The van der Waals surface area contributed by atoms with Crippen LogP contribution < -0.4 is 16.2 Å². The van der Waals surface area contributed by atoms with E-state index in [0.717, 1.165) is 11.1 Å². The van der Waals surface area contributed by atoms with Gasteiger partial charge in [-0.15, -0.1) is 0 Å². The van der Waals surface area contributed by atoms with Crippen molar-refractivity contribution in [3.05, 3.63) is 71.8 Å². The van der Waals surface area contributed by atoms with Crippen molar-refractivity contribution in [1.82, 2.24) is 26.0 Å². The van der Waals surface area contributed by atoms with Gasteiger partial charge in [0.05, 0.1) is 0 Å². The third-order valence-electron chi connectivity index (χ3n) is 5.14. The summed E-state index contributed by atoms with van der Waals surface area (Å²) in [6.45, 7) is 0. The molecule has 2 saturated heterocycles. The highest BCUT2D eigenvalue weighted by Gasteiger charge is 2.69. The molecule has 25 heavy (non-hydrogen) atoms. The summed E-state index contributed by atoms with van der Waals surface area (Å²) in [6, 6.07) is 18.5. The van der Waals surface area contributed by atoms with E-state index in [1.54, 1.807) is 23.9 Å². The van der Waals surface area contributed by atoms with E-state index in [-0.39, 0.29) is 6.03 Å². The summed E-state index contributed by atoms with van der Waals surface area (Å²) >= 11 is 0. The highest BCUT2D eigenvalue weighted by molar-refractivity contribution is 5.85. The van der Waals surface area contributed by atoms with Gasteiger partial charge in [-0.25, -0.2) is 9.59 Å². The fourth-order valence-electron chi connectivity index (χ4n) is 4.00. The van der Waals surface area contributed by atoms with Gasteiger partial charge < -0.3 is 5.32 Å². The Kier molecular flexibility index (Phi) is 3.23. The van der Waals surface area contributed by atoms with Crippen molar-refractivity contribution >= 4 is 12.1 Å². The van der Waals surface area contributed by atoms with Crippen LogP contribution in [0, 0.1) is 0 Å². The highest BCUT2D eigenvalue weighted by Crippen LogP contribution is 2.50. The fourth-order valence-corrected chi connectivity index (χ4v) is 4.00. The van der Waals surface area contributed by atoms with Crippen LogP contribution in [0.4, 0.5) is 9.59 Å². The lowest BCUT2D eigenvalue weighted by Gasteiger charge is -2.52. The van der Waals surface area contributed by atoms with Crippen LogP contribution in [-0.4, -0.2) is 36.0 Å². The Balaban J connectivity index is 2.06. The van der Waals surface area contributed by atoms with Gasteiger partial charge >= 0.3 is 12.1 Å². The summed E-state index contributed by atoms with van der Waals surface area (Å²) < 4.78 is 0. The summed E-state index contributed by atoms with van der Waals surface area (Å²) in [5.74, 6) is 0. The molecule has 2 unspecified atom stereocenters. The van der Waals surface area contributed by atoms with E-state index in [0.29, 0.717) is 0 Å². The second-order valence-corrected chi connectivity index (χ2v) is 6.26. The third-order valence-corrected chi connectivity index (χ3v) is 5.14. The number of carbonyl (C=O) groups excluding carboxylic acids is 2. The molecular weight excluding hydrogens is 318 g/mol. The van der Waals surface area contributed by atoms with Crippen molar-refractivity contribution in [3.63, 3.8) is 0 Å². The molecule has 2 aliphatic rings. The van der Waals surface area contributed by atoms with Gasteiger partial charge in [-0.2, -0.15) is 5.43 Å². The summed E-state index contributed by atoms with van der Waals surface area (Å²) in [5, 5.41) is 3.01. The van der Waals surface area contributed by atoms with Crippen LogP contribution in [-0.2, 0) is 11.3 Å². The van der Waals surface area contributed by atoms with Crippen molar-refractivity contribution in [2.75, 3.05) is 14.1 Å². The molecule has 0 radical (unpaired) electrons. The number of urea groups is 2. The maximum atomic E-state index is 13.0. The van der Waals surface area contributed by atoms with Gasteiger partial charge in [0, 0.05) is 19.7 Å². The van der Waals surface area contributed by atoms with Gasteiger partial charge in [0.1, 0.15) is 0 Å². The van der Waals surface area contributed by atoms with Crippen LogP contribution in [0.15, 0.2) is 60.7 Å². The monoisotopic (exact) mass is 337 g/mol. The molecule has 0 bridgehead atoms. The van der Waals surface area contributed by atoms with Crippen molar-refractivity contribution < 1.29 is 9.59 Å². The van der Waals surface area contributed by atoms with E-state index in [2.05, 4.69) is 16.2 Å². The first-order valence-electron chi connectivity index (χ1n) is 8.02. The predicted molar refractivity (Wildman–Crippen MR) is 92.0 cm³/mol. The van der Waals surface area contributed by atoms with E-state index < -0.39 is 17.4 Å². The maximum absolute atomic E-state index is 13.0. The molecular formula is C18H19N5O2. The number of nitrogens with zero attached hydrogens (tertiary/aromatic N) is 2. The Hall–Kier alpha value is -3.06. The first kappa shape index (κ1) is 15.5. The van der Waals surface area contributed by atoms with Crippen molar-refractivity contribution in [2.45, 2.75) is 11.3 Å². The summed E-state index contributed by atoms with van der Waals surface area (Å²) in [7, 11) is 3.42. The zero-order valence-electron chi connectivity index (χ0n) is 14.0. The molecule has 2 aliphatic heterocycles. The SMILES string of the molecule is CN1C(=O)N(C)C2(c3ccccc3)NC(=O)NNC12c1ccccc1. The molecule has 7 heteroatoms. The molecule has 2 atom stereocenters. The van der Waals surface area contributed by atoms with E-state index in [9.17, 15) is 9.59 Å². The summed E-state index contributed by atoms with van der Waals surface area (Å²) in [6.07, 6.45) is 0. The molecule has 4 amide bonds. The number of amides is 4. The number of hydrogen-bond acceptors (Lipinski definition) is 3. The minimum atomic E-state index is -1.11. The lowest BCUT2D eigenvalue weighted by atomic mass is 9.80. The number of hydrogen-bond donors (Lipinski definition) is 3. The summed E-state index contributed by atoms with van der Waals surface area (Å²) in [5.41, 5.74) is 5.28. The fraction of sp³-hybridized carbons (Fsp3) is 0.222. The molecule has 4 rings (SSSR count). The number of benzene rings is 2. The minimum Gasteiger partial charge on any atom is -0.306 e. The van der Waals surface area contributed by atoms with Crippen LogP contribution in [0.5, 0.6) is 0 Å². The quantitative estimate of drug-likeness (QED) is 0.777. The summed E-state index contributed by atoms with van der Waals surface area (Å²) in [4.78, 5) is 28.4. The topological polar surface area (TPSA) is 76.7 Å². The molecule has 0 aromatic heterocycles. The molecule has 2 aromatic carbocycles. The van der Waals surface area contributed by atoms with Gasteiger partial charge in [-0.1, -0.05) is 60.7 Å². The average Bonchev–Trinajstić information content (AvgIpc) is 2.83. The van der Waals surface area contributed by atoms with Crippen LogP contribution in [0.25, 0.3) is 0 Å². The van der Waals surface area contributed by atoms with E-state index in [1.165, 1.54) is 0 Å². The molecule has 3 N–H and O–H groups in total. The minimum absolute atomic E-state index is 0.204. The van der Waals surface area contributed by atoms with E-state index >= 15 is 0 Å². The first-order valence-corrected chi connectivity index (χ1v) is 8.02. The van der Waals surface area contributed by atoms with Crippen molar-refractivity contribution in [2.24, 2.45) is 0 Å². The Morgan fingerprint density at radius 2 is 1.24 bits per heavy atom. The van der Waals surface area contributed by atoms with E-state index in [1.807, 2.05) is 60.7 Å². The second kappa shape index (κ2) is 5.22. The van der Waals surface area contributed by atoms with Gasteiger partial charge in [0.15, 0.2) is 11.3 Å². The average molecular weight is 337 g/mol. The molecule has 2 fully saturated rings. The van der Waals surface area contributed by atoms with Gasteiger partial charge in [0.2, 0.25) is 0 Å². The van der Waals surface area contributed by atoms with Crippen LogP contribution in [0.2, 0.25) is 0 Å². The number of fused-ring (bicyclic) bond motifs is 1. The molecule has 0 saturated carbocycles. The molecule has 0 aliphatic carbocycles. The number of nitrogens with one attached hydrogen (secondary N) is 3. The zero-order chi connectivity index (χ0) is 17.7. The number of hydrazine groups is 1. The Bertz CT molecular complexity index is 828. The Morgan fingerprint density at radius 1 is 0.760 bits per heavy atom. The van der Waals surface area contributed by atoms with Crippen molar-refractivity contribution in [3.8, 4) is 0 Å².